The van der Waals surface area contributed by atoms with E-state index in [1.165, 1.54) is 18.2 Å². The van der Waals surface area contributed by atoms with Crippen molar-refractivity contribution in [2.24, 2.45) is 0 Å². The van der Waals surface area contributed by atoms with Crippen LogP contribution < -0.4 is 10.6 Å². The first-order valence-electron chi connectivity index (χ1n) is 5.75. The molecule has 104 valence electrons. The quantitative estimate of drug-likeness (QED) is 0.752. The van der Waals surface area contributed by atoms with Crippen molar-refractivity contribution < 1.29 is 8.78 Å². The van der Waals surface area contributed by atoms with Crippen LogP contribution in [0.5, 0.6) is 0 Å². The molecule has 2 N–H and O–H groups in total. The molecular weight excluding hydrogens is 346 g/mol. The molecule has 0 amide bonds. The monoisotopic (exact) mass is 356 g/mol. The lowest BCUT2D eigenvalue weighted by atomic mass is 10.2. The number of benzene rings is 2. The molecule has 2 nitrogen and oxygen atoms in total. The van der Waals surface area contributed by atoms with Gasteiger partial charge in [0, 0.05) is 10.2 Å². The number of hydrogen-bond acceptors (Lipinski definition) is 1. The van der Waals surface area contributed by atoms with E-state index in [4.69, 9.17) is 12.2 Å². The summed E-state index contributed by atoms with van der Waals surface area (Å²) >= 11 is 8.40. The van der Waals surface area contributed by atoms with Crippen molar-refractivity contribution in [1.82, 2.24) is 0 Å². The summed E-state index contributed by atoms with van der Waals surface area (Å²) in [5, 5.41) is 6.21. The molecular formula is C14H11BrF2N2S. The van der Waals surface area contributed by atoms with Gasteiger partial charge in [-0.15, -0.1) is 0 Å². The topological polar surface area (TPSA) is 24.1 Å². The molecule has 0 aliphatic heterocycles. The third-order valence-corrected chi connectivity index (χ3v) is 3.46. The fourth-order valence-corrected chi connectivity index (χ4v) is 2.28. The maximum absolute atomic E-state index is 13.2. The maximum Gasteiger partial charge on any atom is 0.175 e. The van der Waals surface area contributed by atoms with Crippen molar-refractivity contribution in [3.05, 3.63) is 58.1 Å². The second-order valence-corrected chi connectivity index (χ2v) is 5.43. The minimum atomic E-state index is -0.338. The molecule has 0 aliphatic carbocycles. The van der Waals surface area contributed by atoms with Crippen LogP contribution in [0.1, 0.15) is 5.56 Å². The first-order chi connectivity index (χ1) is 9.45. The minimum Gasteiger partial charge on any atom is -0.332 e. The smallest absolute Gasteiger partial charge is 0.175 e. The molecule has 0 aliphatic rings. The van der Waals surface area contributed by atoms with Gasteiger partial charge in [-0.05, 0) is 77.0 Å². The summed E-state index contributed by atoms with van der Waals surface area (Å²) < 4.78 is 26.7. The number of hydrogen-bond donors (Lipinski definition) is 2. The van der Waals surface area contributed by atoms with E-state index in [1.807, 2.05) is 0 Å². The third-order valence-electron chi connectivity index (χ3n) is 2.60. The molecule has 0 saturated heterocycles. The van der Waals surface area contributed by atoms with Crippen LogP contribution in [0, 0.1) is 18.6 Å². The van der Waals surface area contributed by atoms with Gasteiger partial charge in [-0.2, -0.15) is 0 Å². The molecule has 20 heavy (non-hydrogen) atoms. The van der Waals surface area contributed by atoms with E-state index in [1.54, 1.807) is 25.1 Å². The fraction of sp³-hybridized carbons (Fsp3) is 0.0714. The zero-order valence-corrected chi connectivity index (χ0v) is 12.9. The first kappa shape index (κ1) is 14.9. The van der Waals surface area contributed by atoms with E-state index in [-0.39, 0.29) is 11.6 Å². The summed E-state index contributed by atoms with van der Waals surface area (Å²) in [6, 6.07) is 8.86. The number of nitrogens with one attached hydrogen (secondary N) is 2. The van der Waals surface area contributed by atoms with Crippen LogP contribution in [-0.4, -0.2) is 5.11 Å². The van der Waals surface area contributed by atoms with E-state index in [0.717, 1.165) is 0 Å². The Morgan fingerprint density at radius 2 is 1.85 bits per heavy atom. The van der Waals surface area contributed by atoms with Crippen molar-refractivity contribution >= 4 is 44.6 Å². The molecule has 2 rings (SSSR count). The number of thiocarbonyl (C=S) groups is 1. The van der Waals surface area contributed by atoms with Gasteiger partial charge in [0.15, 0.2) is 5.11 Å². The highest BCUT2D eigenvalue weighted by Gasteiger charge is 2.05. The van der Waals surface area contributed by atoms with Crippen molar-refractivity contribution in [3.8, 4) is 0 Å². The Morgan fingerprint density at radius 3 is 2.50 bits per heavy atom. The lowest BCUT2D eigenvalue weighted by Crippen LogP contribution is -2.19. The van der Waals surface area contributed by atoms with Crippen LogP contribution in [0.3, 0.4) is 0 Å². The number of aryl methyl sites for hydroxylation is 1. The van der Waals surface area contributed by atoms with Crippen molar-refractivity contribution in [2.45, 2.75) is 6.92 Å². The van der Waals surface area contributed by atoms with Crippen LogP contribution in [0.25, 0.3) is 0 Å². The largest absolute Gasteiger partial charge is 0.332 e. The Labute approximate surface area is 129 Å². The molecule has 0 spiro atoms. The van der Waals surface area contributed by atoms with Gasteiger partial charge in [0.2, 0.25) is 0 Å². The molecule has 2 aromatic rings. The molecule has 0 radical (unpaired) electrons. The summed E-state index contributed by atoms with van der Waals surface area (Å²) in [7, 11) is 0. The molecule has 0 heterocycles. The van der Waals surface area contributed by atoms with Crippen LogP contribution in [0.2, 0.25) is 0 Å². The average molecular weight is 357 g/mol. The average Bonchev–Trinajstić information content (AvgIpc) is 2.37. The second kappa shape index (κ2) is 6.28. The van der Waals surface area contributed by atoms with E-state index in [9.17, 15) is 8.78 Å². The predicted molar refractivity (Wildman–Crippen MR) is 85.1 cm³/mol. The van der Waals surface area contributed by atoms with Gasteiger partial charge in [-0.25, -0.2) is 8.78 Å². The molecule has 2 aromatic carbocycles. The molecule has 0 saturated carbocycles. The number of anilines is 2. The molecule has 0 unspecified atom stereocenters. The molecule has 0 fully saturated rings. The van der Waals surface area contributed by atoms with E-state index < -0.39 is 0 Å². The van der Waals surface area contributed by atoms with E-state index in [0.29, 0.717) is 26.5 Å². The highest BCUT2D eigenvalue weighted by molar-refractivity contribution is 9.10. The lowest BCUT2D eigenvalue weighted by molar-refractivity contribution is 0.619. The summed E-state index contributed by atoms with van der Waals surface area (Å²) in [6.07, 6.45) is 0. The SMILES string of the molecule is Cc1cc(NC(=S)Nc2ccc(F)cc2Br)ccc1F. The highest BCUT2D eigenvalue weighted by Crippen LogP contribution is 2.23. The molecule has 0 atom stereocenters. The highest BCUT2D eigenvalue weighted by atomic mass is 79.9. The normalized spacial score (nSPS) is 10.2. The van der Waals surface area contributed by atoms with Gasteiger partial charge in [-0.3, -0.25) is 0 Å². The van der Waals surface area contributed by atoms with Gasteiger partial charge >= 0.3 is 0 Å². The van der Waals surface area contributed by atoms with Gasteiger partial charge in [0.25, 0.3) is 0 Å². The van der Waals surface area contributed by atoms with Crippen molar-refractivity contribution in [3.63, 3.8) is 0 Å². The Kier molecular flexibility index (Phi) is 4.67. The van der Waals surface area contributed by atoms with Crippen LogP contribution in [-0.2, 0) is 0 Å². The number of rotatable bonds is 2. The van der Waals surface area contributed by atoms with Crippen LogP contribution in [0.4, 0.5) is 20.2 Å². The summed E-state index contributed by atoms with van der Waals surface area (Å²) in [5.74, 6) is -0.605. The van der Waals surface area contributed by atoms with Crippen molar-refractivity contribution in [1.29, 1.82) is 0 Å². The van der Waals surface area contributed by atoms with E-state index >= 15 is 0 Å². The first-order valence-corrected chi connectivity index (χ1v) is 6.95. The van der Waals surface area contributed by atoms with Crippen LogP contribution in [0.15, 0.2) is 40.9 Å². The van der Waals surface area contributed by atoms with Crippen LogP contribution >= 0.6 is 28.1 Å². The maximum atomic E-state index is 13.2. The summed E-state index contributed by atoms with van der Waals surface area (Å²) in [5.41, 5.74) is 1.85. The fourth-order valence-electron chi connectivity index (χ4n) is 1.60. The Balaban J connectivity index is 2.07. The zero-order chi connectivity index (χ0) is 14.7. The zero-order valence-electron chi connectivity index (χ0n) is 10.5. The third kappa shape index (κ3) is 3.74. The van der Waals surface area contributed by atoms with E-state index in [2.05, 4.69) is 26.6 Å². The minimum absolute atomic E-state index is 0.268. The molecule has 0 aromatic heterocycles. The Hall–Kier alpha value is -1.53. The summed E-state index contributed by atoms with van der Waals surface area (Å²) in [6.45, 7) is 1.67. The standard InChI is InChI=1S/C14H11BrF2N2S/c1-8-6-10(3-4-12(8)17)18-14(20)19-13-5-2-9(16)7-11(13)15/h2-7H,1H3,(H2,18,19,20). The van der Waals surface area contributed by atoms with Gasteiger partial charge in [-0.1, -0.05) is 0 Å². The Bertz CT molecular complexity index is 662. The summed E-state index contributed by atoms with van der Waals surface area (Å²) in [4.78, 5) is 0. The van der Waals surface area contributed by atoms with Gasteiger partial charge < -0.3 is 10.6 Å². The second-order valence-electron chi connectivity index (χ2n) is 4.17. The Morgan fingerprint density at radius 1 is 1.10 bits per heavy atom. The predicted octanol–water partition coefficient (Wildman–Crippen LogP) is 4.84. The van der Waals surface area contributed by atoms with Gasteiger partial charge in [0.05, 0.1) is 5.69 Å². The van der Waals surface area contributed by atoms with Crippen molar-refractivity contribution in [2.75, 3.05) is 10.6 Å². The molecule has 0 bridgehead atoms. The van der Waals surface area contributed by atoms with Gasteiger partial charge in [0.1, 0.15) is 11.6 Å². The number of halogens is 3. The molecule has 6 heteroatoms. The lowest BCUT2D eigenvalue weighted by Gasteiger charge is -2.12.